The molecule has 1 N–H and O–H groups in total. The van der Waals surface area contributed by atoms with Gasteiger partial charge in [-0.1, -0.05) is 32.0 Å². The maximum absolute atomic E-state index is 6.07. The summed E-state index contributed by atoms with van der Waals surface area (Å²) < 4.78 is 6.07. The van der Waals surface area contributed by atoms with Crippen LogP contribution in [0.15, 0.2) is 24.3 Å². The number of para-hydroxylation sites is 1. The summed E-state index contributed by atoms with van der Waals surface area (Å²) >= 11 is 0. The molecule has 3 rings (SSSR count). The molecule has 1 saturated heterocycles. The van der Waals surface area contributed by atoms with Crippen LogP contribution in [0.3, 0.4) is 0 Å². The molecule has 0 spiro atoms. The fraction of sp³-hybridized carbons (Fsp3) is 0.667. The Hall–Kier alpha value is -1.06. The number of likely N-dealkylation sites (tertiary alicyclic amines) is 1. The second kappa shape index (κ2) is 6.37. The van der Waals surface area contributed by atoms with E-state index in [-0.39, 0.29) is 0 Å². The third-order valence-corrected chi connectivity index (χ3v) is 5.32. The summed E-state index contributed by atoms with van der Waals surface area (Å²) in [6.07, 6.45) is 2.66. The predicted octanol–water partition coefficient (Wildman–Crippen LogP) is 3.22. The van der Waals surface area contributed by atoms with Crippen LogP contribution < -0.4 is 10.1 Å². The summed E-state index contributed by atoms with van der Waals surface area (Å²) in [7, 11) is 0. The van der Waals surface area contributed by atoms with Crippen LogP contribution in [0.5, 0.6) is 5.75 Å². The van der Waals surface area contributed by atoms with Crippen LogP contribution in [0.25, 0.3) is 0 Å². The Kier molecular flexibility index (Phi) is 4.51. The standard InChI is InChI=1S/C18H28N2O/c1-4-19-18-15-9-5-6-10-17(15)21-12-16(18)20-11-7-8-13(2)14(20)3/h5-6,9-10,13-14,16,18-19H,4,7-8,11-12H2,1-3H3. The van der Waals surface area contributed by atoms with E-state index in [1.807, 2.05) is 0 Å². The maximum atomic E-state index is 6.07. The Morgan fingerprint density at radius 2 is 2.10 bits per heavy atom. The zero-order valence-corrected chi connectivity index (χ0v) is 13.5. The molecule has 3 heteroatoms. The van der Waals surface area contributed by atoms with E-state index in [1.54, 1.807) is 0 Å². The van der Waals surface area contributed by atoms with E-state index in [4.69, 9.17) is 4.74 Å². The molecule has 0 amide bonds. The Labute approximate surface area is 128 Å². The van der Waals surface area contributed by atoms with E-state index >= 15 is 0 Å². The largest absolute Gasteiger partial charge is 0.492 e. The summed E-state index contributed by atoms with van der Waals surface area (Å²) in [6.45, 7) is 9.95. The molecule has 2 aliphatic rings. The highest BCUT2D eigenvalue weighted by Crippen LogP contribution is 2.37. The van der Waals surface area contributed by atoms with Crippen molar-refractivity contribution in [3.8, 4) is 5.75 Å². The fourth-order valence-electron chi connectivity index (χ4n) is 3.94. The van der Waals surface area contributed by atoms with Crippen molar-refractivity contribution in [3.63, 3.8) is 0 Å². The van der Waals surface area contributed by atoms with Gasteiger partial charge in [-0.25, -0.2) is 0 Å². The molecule has 1 aromatic rings. The lowest BCUT2D eigenvalue weighted by Gasteiger charge is -2.47. The van der Waals surface area contributed by atoms with Gasteiger partial charge >= 0.3 is 0 Å². The Morgan fingerprint density at radius 1 is 1.29 bits per heavy atom. The van der Waals surface area contributed by atoms with Gasteiger partial charge < -0.3 is 10.1 Å². The molecule has 2 heterocycles. The van der Waals surface area contributed by atoms with Crippen molar-refractivity contribution in [2.24, 2.45) is 5.92 Å². The van der Waals surface area contributed by atoms with E-state index in [1.165, 1.54) is 24.9 Å². The van der Waals surface area contributed by atoms with Crippen LogP contribution in [0.4, 0.5) is 0 Å². The minimum absolute atomic E-state index is 0.382. The minimum Gasteiger partial charge on any atom is -0.492 e. The molecule has 4 atom stereocenters. The molecule has 0 radical (unpaired) electrons. The maximum Gasteiger partial charge on any atom is 0.124 e. The number of nitrogens with zero attached hydrogens (tertiary/aromatic N) is 1. The van der Waals surface area contributed by atoms with Gasteiger partial charge in [-0.3, -0.25) is 4.90 Å². The molecule has 0 bridgehead atoms. The Bertz CT molecular complexity index is 476. The van der Waals surface area contributed by atoms with Crippen molar-refractivity contribution in [3.05, 3.63) is 29.8 Å². The zero-order chi connectivity index (χ0) is 14.8. The number of likely N-dealkylation sites (N-methyl/N-ethyl adjacent to an activating group) is 1. The van der Waals surface area contributed by atoms with E-state index in [9.17, 15) is 0 Å². The molecule has 21 heavy (non-hydrogen) atoms. The van der Waals surface area contributed by atoms with Gasteiger partial charge in [0.1, 0.15) is 12.4 Å². The van der Waals surface area contributed by atoms with Gasteiger partial charge in [0, 0.05) is 11.6 Å². The van der Waals surface area contributed by atoms with Gasteiger partial charge in [0.25, 0.3) is 0 Å². The number of ether oxygens (including phenoxy) is 1. The zero-order valence-electron chi connectivity index (χ0n) is 13.5. The summed E-state index contributed by atoms with van der Waals surface area (Å²) in [5.41, 5.74) is 1.32. The molecular weight excluding hydrogens is 260 g/mol. The van der Waals surface area contributed by atoms with Crippen LogP contribution in [0.2, 0.25) is 0 Å². The topological polar surface area (TPSA) is 24.5 Å². The first-order valence-corrected chi connectivity index (χ1v) is 8.43. The lowest BCUT2D eigenvalue weighted by atomic mass is 9.87. The summed E-state index contributed by atoms with van der Waals surface area (Å²) in [5.74, 6) is 1.83. The van der Waals surface area contributed by atoms with Crippen molar-refractivity contribution in [1.82, 2.24) is 10.2 Å². The highest BCUT2D eigenvalue weighted by Gasteiger charge is 2.38. The van der Waals surface area contributed by atoms with Crippen molar-refractivity contribution in [1.29, 1.82) is 0 Å². The highest BCUT2D eigenvalue weighted by molar-refractivity contribution is 5.39. The number of benzene rings is 1. The Morgan fingerprint density at radius 3 is 2.90 bits per heavy atom. The molecule has 3 nitrogen and oxygen atoms in total. The minimum atomic E-state index is 0.382. The summed E-state index contributed by atoms with van der Waals surface area (Å²) in [5, 5.41) is 3.70. The average Bonchev–Trinajstić information content (AvgIpc) is 2.51. The third kappa shape index (κ3) is 2.82. The van der Waals surface area contributed by atoms with Crippen molar-refractivity contribution < 1.29 is 4.74 Å². The molecule has 116 valence electrons. The van der Waals surface area contributed by atoms with Gasteiger partial charge in [-0.2, -0.15) is 0 Å². The lowest BCUT2D eigenvalue weighted by Crippen LogP contribution is -2.56. The number of rotatable bonds is 3. The second-order valence-corrected chi connectivity index (χ2v) is 6.55. The monoisotopic (exact) mass is 288 g/mol. The van der Waals surface area contributed by atoms with Crippen LogP contribution >= 0.6 is 0 Å². The fourth-order valence-corrected chi connectivity index (χ4v) is 3.94. The molecule has 0 saturated carbocycles. The normalized spacial score (nSPS) is 33.3. The van der Waals surface area contributed by atoms with Crippen molar-refractivity contribution in [2.75, 3.05) is 19.7 Å². The number of piperidine rings is 1. The molecular formula is C18H28N2O. The average molecular weight is 288 g/mol. The highest BCUT2D eigenvalue weighted by atomic mass is 16.5. The van der Waals surface area contributed by atoms with Gasteiger partial charge in [-0.05, 0) is 44.8 Å². The number of fused-ring (bicyclic) bond motifs is 1. The first-order valence-electron chi connectivity index (χ1n) is 8.43. The van der Waals surface area contributed by atoms with Crippen LogP contribution in [-0.4, -0.2) is 36.7 Å². The molecule has 1 aromatic carbocycles. The third-order valence-electron chi connectivity index (χ3n) is 5.32. The van der Waals surface area contributed by atoms with Crippen LogP contribution in [0, 0.1) is 5.92 Å². The van der Waals surface area contributed by atoms with E-state index in [0.29, 0.717) is 18.1 Å². The van der Waals surface area contributed by atoms with E-state index in [0.717, 1.165) is 24.8 Å². The van der Waals surface area contributed by atoms with Gasteiger partial charge in [0.05, 0.1) is 12.1 Å². The van der Waals surface area contributed by atoms with Crippen molar-refractivity contribution in [2.45, 2.75) is 51.7 Å². The van der Waals surface area contributed by atoms with Gasteiger partial charge in [0.2, 0.25) is 0 Å². The number of hydrogen-bond donors (Lipinski definition) is 1. The van der Waals surface area contributed by atoms with Gasteiger partial charge in [0.15, 0.2) is 0 Å². The summed E-state index contributed by atoms with van der Waals surface area (Å²) in [6, 6.07) is 9.96. The Balaban J connectivity index is 1.88. The summed E-state index contributed by atoms with van der Waals surface area (Å²) in [4.78, 5) is 2.68. The van der Waals surface area contributed by atoms with Crippen LogP contribution in [-0.2, 0) is 0 Å². The van der Waals surface area contributed by atoms with Crippen molar-refractivity contribution >= 4 is 0 Å². The first-order chi connectivity index (χ1) is 10.2. The predicted molar refractivity (Wildman–Crippen MR) is 86.7 cm³/mol. The second-order valence-electron chi connectivity index (χ2n) is 6.55. The van der Waals surface area contributed by atoms with Crippen LogP contribution in [0.1, 0.15) is 45.2 Å². The van der Waals surface area contributed by atoms with E-state index in [2.05, 4.69) is 55.3 Å². The van der Waals surface area contributed by atoms with Gasteiger partial charge in [-0.15, -0.1) is 0 Å². The molecule has 0 aromatic heterocycles. The molecule has 0 aliphatic carbocycles. The quantitative estimate of drug-likeness (QED) is 0.924. The number of nitrogens with one attached hydrogen (secondary N) is 1. The SMILES string of the molecule is CCNC1c2ccccc2OCC1N1CCCC(C)C1C. The molecule has 1 fully saturated rings. The molecule has 4 unspecified atom stereocenters. The molecule has 2 aliphatic heterocycles. The van der Waals surface area contributed by atoms with E-state index < -0.39 is 0 Å². The number of hydrogen-bond acceptors (Lipinski definition) is 3. The lowest BCUT2D eigenvalue weighted by molar-refractivity contribution is 0.0159. The first kappa shape index (κ1) is 14.9. The smallest absolute Gasteiger partial charge is 0.124 e.